The lowest BCUT2D eigenvalue weighted by atomic mass is 9.81. The fourth-order valence-electron chi connectivity index (χ4n) is 4.36. The zero-order valence-corrected chi connectivity index (χ0v) is 16.5. The molecule has 0 saturated carbocycles. The number of likely N-dealkylation sites (tertiary alicyclic amines) is 1. The van der Waals surface area contributed by atoms with Crippen molar-refractivity contribution < 1.29 is 14.4 Å². The van der Waals surface area contributed by atoms with Gasteiger partial charge in [-0.25, -0.2) is 0 Å². The molecule has 0 unspecified atom stereocenters. The van der Waals surface area contributed by atoms with E-state index < -0.39 is 0 Å². The summed E-state index contributed by atoms with van der Waals surface area (Å²) in [6, 6.07) is 7.82. The monoisotopic (exact) mass is 371 g/mol. The molecule has 0 aliphatic carbocycles. The van der Waals surface area contributed by atoms with Gasteiger partial charge in [0.05, 0.1) is 12.0 Å². The van der Waals surface area contributed by atoms with Gasteiger partial charge in [0.25, 0.3) is 0 Å². The standard InChI is InChI=1S/C21H29N3O3/c1-4-24-19(26)10-9-18(20(24)17-8-6-5-7-15(17)2)21(27)23-13-11-22(12-14-23)16(3)25/h5-8,18,20H,4,9-14H2,1-3H3/t18-,20+/m1/s1. The predicted octanol–water partition coefficient (Wildman–Crippen LogP) is 1.99. The quantitative estimate of drug-likeness (QED) is 0.816. The van der Waals surface area contributed by atoms with Crippen molar-refractivity contribution in [3.05, 3.63) is 35.4 Å². The largest absolute Gasteiger partial charge is 0.339 e. The maximum Gasteiger partial charge on any atom is 0.228 e. The minimum Gasteiger partial charge on any atom is -0.339 e. The predicted molar refractivity (Wildman–Crippen MR) is 103 cm³/mol. The lowest BCUT2D eigenvalue weighted by Gasteiger charge is -2.44. The van der Waals surface area contributed by atoms with Crippen molar-refractivity contribution in [2.24, 2.45) is 5.92 Å². The number of nitrogens with zero attached hydrogens (tertiary/aromatic N) is 3. The fourth-order valence-corrected chi connectivity index (χ4v) is 4.36. The van der Waals surface area contributed by atoms with Crippen LogP contribution in [-0.4, -0.2) is 65.1 Å². The van der Waals surface area contributed by atoms with E-state index in [4.69, 9.17) is 0 Å². The van der Waals surface area contributed by atoms with Gasteiger partial charge in [-0.1, -0.05) is 24.3 Å². The van der Waals surface area contributed by atoms with E-state index >= 15 is 0 Å². The lowest BCUT2D eigenvalue weighted by Crippen LogP contribution is -2.54. The van der Waals surface area contributed by atoms with E-state index in [2.05, 4.69) is 0 Å². The summed E-state index contributed by atoms with van der Waals surface area (Å²) in [7, 11) is 0. The number of piperidine rings is 1. The van der Waals surface area contributed by atoms with Crippen molar-refractivity contribution in [1.29, 1.82) is 0 Å². The van der Waals surface area contributed by atoms with E-state index in [0.717, 1.165) is 11.1 Å². The molecule has 3 rings (SSSR count). The van der Waals surface area contributed by atoms with Gasteiger partial charge >= 0.3 is 0 Å². The van der Waals surface area contributed by atoms with Gasteiger partial charge in [0.15, 0.2) is 0 Å². The SMILES string of the molecule is CCN1C(=O)CC[C@@H](C(=O)N2CCN(C(C)=O)CC2)[C@@H]1c1ccccc1C. The molecule has 2 aliphatic heterocycles. The van der Waals surface area contributed by atoms with Crippen LogP contribution in [0.3, 0.4) is 0 Å². The van der Waals surface area contributed by atoms with Gasteiger partial charge in [0, 0.05) is 46.1 Å². The number of amides is 3. The number of hydrogen-bond donors (Lipinski definition) is 0. The summed E-state index contributed by atoms with van der Waals surface area (Å²) in [5.74, 6) is 0.0570. The molecular weight excluding hydrogens is 342 g/mol. The molecule has 27 heavy (non-hydrogen) atoms. The molecule has 2 atom stereocenters. The maximum atomic E-state index is 13.4. The number of carbonyl (C=O) groups excluding carboxylic acids is 3. The molecular formula is C21H29N3O3. The van der Waals surface area contributed by atoms with Gasteiger partial charge in [-0.2, -0.15) is 0 Å². The molecule has 6 nitrogen and oxygen atoms in total. The lowest BCUT2D eigenvalue weighted by molar-refractivity contribution is -0.150. The Balaban J connectivity index is 1.85. The van der Waals surface area contributed by atoms with Crippen molar-refractivity contribution in [3.63, 3.8) is 0 Å². The Morgan fingerprint density at radius 3 is 2.30 bits per heavy atom. The highest BCUT2D eigenvalue weighted by molar-refractivity contribution is 5.85. The molecule has 1 aromatic rings. The second-order valence-corrected chi connectivity index (χ2v) is 7.46. The summed E-state index contributed by atoms with van der Waals surface area (Å²) in [5.41, 5.74) is 2.17. The molecule has 6 heteroatoms. The molecule has 146 valence electrons. The Morgan fingerprint density at radius 2 is 1.70 bits per heavy atom. The molecule has 0 bridgehead atoms. The molecule has 0 N–H and O–H groups in total. The highest BCUT2D eigenvalue weighted by Gasteiger charge is 2.42. The number of carbonyl (C=O) groups is 3. The van der Waals surface area contributed by atoms with Crippen molar-refractivity contribution >= 4 is 17.7 Å². The smallest absolute Gasteiger partial charge is 0.228 e. The Morgan fingerprint density at radius 1 is 1.07 bits per heavy atom. The van der Waals surface area contributed by atoms with Crippen LogP contribution in [-0.2, 0) is 14.4 Å². The maximum absolute atomic E-state index is 13.4. The van der Waals surface area contributed by atoms with Crippen LogP contribution in [0.15, 0.2) is 24.3 Å². The normalized spacial score (nSPS) is 23.5. The third-order valence-corrected chi connectivity index (χ3v) is 5.91. The van der Waals surface area contributed by atoms with E-state index in [0.29, 0.717) is 45.6 Å². The van der Waals surface area contributed by atoms with E-state index in [1.54, 1.807) is 11.8 Å². The van der Waals surface area contributed by atoms with Crippen molar-refractivity contribution in [3.8, 4) is 0 Å². The van der Waals surface area contributed by atoms with Crippen LogP contribution in [0.5, 0.6) is 0 Å². The van der Waals surface area contributed by atoms with Gasteiger partial charge in [-0.05, 0) is 31.4 Å². The molecule has 2 fully saturated rings. The molecule has 2 heterocycles. The molecule has 1 aromatic carbocycles. The van der Waals surface area contributed by atoms with Gasteiger partial charge < -0.3 is 14.7 Å². The molecule has 2 aliphatic rings. The Kier molecular flexibility index (Phi) is 5.82. The summed E-state index contributed by atoms with van der Waals surface area (Å²) in [5, 5.41) is 0. The van der Waals surface area contributed by atoms with Crippen molar-refractivity contribution in [2.75, 3.05) is 32.7 Å². The minimum absolute atomic E-state index is 0.0558. The average Bonchev–Trinajstić information content (AvgIpc) is 2.67. The van der Waals surface area contributed by atoms with E-state index in [-0.39, 0.29) is 29.7 Å². The second-order valence-electron chi connectivity index (χ2n) is 7.46. The summed E-state index contributed by atoms with van der Waals surface area (Å²) >= 11 is 0. The minimum atomic E-state index is -0.229. The third-order valence-electron chi connectivity index (χ3n) is 5.91. The Hall–Kier alpha value is -2.37. The van der Waals surface area contributed by atoms with Crippen LogP contribution in [0.4, 0.5) is 0 Å². The number of aryl methyl sites for hydroxylation is 1. The van der Waals surface area contributed by atoms with E-state index in [1.165, 1.54) is 0 Å². The average molecular weight is 371 g/mol. The van der Waals surface area contributed by atoms with Gasteiger partial charge in [-0.3, -0.25) is 14.4 Å². The first kappa shape index (κ1) is 19.4. The highest BCUT2D eigenvalue weighted by Crippen LogP contribution is 2.39. The van der Waals surface area contributed by atoms with Gasteiger partial charge in [0.1, 0.15) is 0 Å². The molecule has 0 aromatic heterocycles. The third kappa shape index (κ3) is 3.84. The van der Waals surface area contributed by atoms with Crippen LogP contribution >= 0.6 is 0 Å². The van der Waals surface area contributed by atoms with Crippen LogP contribution in [0, 0.1) is 12.8 Å². The van der Waals surface area contributed by atoms with Crippen LogP contribution < -0.4 is 0 Å². The van der Waals surface area contributed by atoms with Crippen molar-refractivity contribution in [1.82, 2.24) is 14.7 Å². The summed E-state index contributed by atoms with van der Waals surface area (Å²) < 4.78 is 0. The fraction of sp³-hybridized carbons (Fsp3) is 0.571. The second kappa shape index (κ2) is 8.11. The zero-order chi connectivity index (χ0) is 19.6. The molecule has 3 amide bonds. The first-order valence-electron chi connectivity index (χ1n) is 9.83. The summed E-state index contributed by atoms with van der Waals surface area (Å²) in [6.45, 7) is 8.47. The van der Waals surface area contributed by atoms with Crippen LogP contribution in [0.1, 0.15) is 43.9 Å². The van der Waals surface area contributed by atoms with Gasteiger partial charge in [-0.15, -0.1) is 0 Å². The highest BCUT2D eigenvalue weighted by atomic mass is 16.2. The van der Waals surface area contributed by atoms with Crippen LogP contribution in [0.25, 0.3) is 0 Å². The molecule has 0 spiro atoms. The molecule has 2 saturated heterocycles. The number of hydrogen-bond acceptors (Lipinski definition) is 3. The number of benzene rings is 1. The van der Waals surface area contributed by atoms with Crippen LogP contribution in [0.2, 0.25) is 0 Å². The summed E-state index contributed by atoms with van der Waals surface area (Å²) in [4.78, 5) is 43.0. The number of rotatable bonds is 3. The Labute approximate surface area is 161 Å². The van der Waals surface area contributed by atoms with Crippen molar-refractivity contribution in [2.45, 2.75) is 39.7 Å². The Bertz CT molecular complexity index is 725. The van der Waals surface area contributed by atoms with Gasteiger partial charge in [0.2, 0.25) is 17.7 Å². The summed E-state index contributed by atoms with van der Waals surface area (Å²) in [6.07, 6.45) is 1.00. The van der Waals surface area contributed by atoms with E-state index in [9.17, 15) is 14.4 Å². The topological polar surface area (TPSA) is 60.9 Å². The first-order chi connectivity index (χ1) is 12.9. The first-order valence-corrected chi connectivity index (χ1v) is 9.83. The zero-order valence-electron chi connectivity index (χ0n) is 16.5. The number of piperazine rings is 1. The molecule has 0 radical (unpaired) electrons. The van der Waals surface area contributed by atoms with E-state index in [1.807, 2.05) is 47.9 Å².